The van der Waals surface area contributed by atoms with E-state index in [9.17, 15) is 4.79 Å². The summed E-state index contributed by atoms with van der Waals surface area (Å²) in [6.07, 6.45) is 2.14. The SMILES string of the molecule is COc1ccc(-c2nc(CC(=O)N3CCN(c4ccccn4)CC3)cs2)cc1. The molecule has 3 heterocycles. The molecular formula is C21H22N4O2S. The molecule has 144 valence electrons. The number of piperazine rings is 1. The van der Waals surface area contributed by atoms with Crippen molar-refractivity contribution in [1.82, 2.24) is 14.9 Å². The number of hydrogen-bond donors (Lipinski definition) is 0. The highest BCUT2D eigenvalue weighted by Gasteiger charge is 2.22. The van der Waals surface area contributed by atoms with E-state index in [1.54, 1.807) is 24.6 Å². The fourth-order valence-corrected chi connectivity index (χ4v) is 4.07. The van der Waals surface area contributed by atoms with Gasteiger partial charge in [0.2, 0.25) is 5.91 Å². The van der Waals surface area contributed by atoms with Crippen molar-refractivity contribution in [2.75, 3.05) is 38.2 Å². The van der Waals surface area contributed by atoms with Gasteiger partial charge in [-0.05, 0) is 36.4 Å². The van der Waals surface area contributed by atoms with Crippen molar-refractivity contribution in [3.05, 3.63) is 59.7 Å². The number of ether oxygens (including phenoxy) is 1. The summed E-state index contributed by atoms with van der Waals surface area (Å²) in [5, 5.41) is 2.90. The highest BCUT2D eigenvalue weighted by molar-refractivity contribution is 7.13. The molecule has 3 aromatic rings. The lowest BCUT2D eigenvalue weighted by Gasteiger charge is -2.35. The second-order valence-electron chi connectivity index (χ2n) is 6.61. The first kappa shape index (κ1) is 18.4. The van der Waals surface area contributed by atoms with Crippen molar-refractivity contribution < 1.29 is 9.53 Å². The molecule has 0 spiro atoms. The predicted molar refractivity (Wildman–Crippen MR) is 111 cm³/mol. The van der Waals surface area contributed by atoms with Crippen LogP contribution in [0.2, 0.25) is 0 Å². The van der Waals surface area contributed by atoms with Gasteiger partial charge in [0.05, 0.1) is 19.2 Å². The molecule has 4 rings (SSSR count). The van der Waals surface area contributed by atoms with E-state index in [0.29, 0.717) is 19.5 Å². The summed E-state index contributed by atoms with van der Waals surface area (Å²) < 4.78 is 5.19. The van der Waals surface area contributed by atoms with Gasteiger partial charge in [0, 0.05) is 43.3 Å². The van der Waals surface area contributed by atoms with Crippen LogP contribution in [-0.2, 0) is 11.2 Å². The van der Waals surface area contributed by atoms with Crippen LogP contribution in [0.1, 0.15) is 5.69 Å². The zero-order chi connectivity index (χ0) is 19.3. The highest BCUT2D eigenvalue weighted by Crippen LogP contribution is 2.26. The number of methoxy groups -OCH3 is 1. The van der Waals surface area contributed by atoms with Crippen LogP contribution in [0.15, 0.2) is 54.0 Å². The monoisotopic (exact) mass is 394 g/mol. The fourth-order valence-electron chi connectivity index (χ4n) is 3.25. The molecule has 0 atom stereocenters. The lowest BCUT2D eigenvalue weighted by atomic mass is 10.2. The van der Waals surface area contributed by atoms with Gasteiger partial charge < -0.3 is 14.5 Å². The summed E-state index contributed by atoms with van der Waals surface area (Å²) in [6, 6.07) is 13.7. The predicted octanol–water partition coefficient (Wildman–Crippen LogP) is 3.11. The molecule has 1 aliphatic rings. The van der Waals surface area contributed by atoms with E-state index in [0.717, 1.165) is 40.9 Å². The van der Waals surface area contributed by atoms with Crippen molar-refractivity contribution in [1.29, 1.82) is 0 Å². The average molecular weight is 395 g/mol. The Hall–Kier alpha value is -2.93. The Morgan fingerprint density at radius 3 is 2.57 bits per heavy atom. The molecule has 0 radical (unpaired) electrons. The summed E-state index contributed by atoms with van der Waals surface area (Å²) in [5.41, 5.74) is 1.86. The topological polar surface area (TPSA) is 58.6 Å². The van der Waals surface area contributed by atoms with E-state index in [-0.39, 0.29) is 5.91 Å². The second kappa shape index (κ2) is 8.39. The van der Waals surface area contributed by atoms with Crippen molar-refractivity contribution in [2.24, 2.45) is 0 Å². The molecule has 1 fully saturated rings. The summed E-state index contributed by atoms with van der Waals surface area (Å²) in [6.45, 7) is 3.03. The molecule has 1 amide bonds. The molecule has 1 aromatic carbocycles. The van der Waals surface area contributed by atoms with E-state index >= 15 is 0 Å². The Morgan fingerprint density at radius 1 is 1.11 bits per heavy atom. The Balaban J connectivity index is 1.34. The van der Waals surface area contributed by atoms with Crippen molar-refractivity contribution >= 4 is 23.1 Å². The normalized spacial score (nSPS) is 14.2. The Morgan fingerprint density at radius 2 is 1.89 bits per heavy atom. The number of rotatable bonds is 5. The van der Waals surface area contributed by atoms with Crippen LogP contribution < -0.4 is 9.64 Å². The van der Waals surface area contributed by atoms with E-state index in [1.807, 2.05) is 52.7 Å². The van der Waals surface area contributed by atoms with Crippen LogP contribution in [-0.4, -0.2) is 54.1 Å². The van der Waals surface area contributed by atoms with E-state index in [4.69, 9.17) is 4.74 Å². The number of aromatic nitrogens is 2. The van der Waals surface area contributed by atoms with Gasteiger partial charge in [-0.1, -0.05) is 6.07 Å². The van der Waals surface area contributed by atoms with Crippen LogP contribution >= 0.6 is 11.3 Å². The van der Waals surface area contributed by atoms with Gasteiger partial charge in [0.15, 0.2) is 0 Å². The number of benzene rings is 1. The van der Waals surface area contributed by atoms with Crippen molar-refractivity contribution in [2.45, 2.75) is 6.42 Å². The second-order valence-corrected chi connectivity index (χ2v) is 7.46. The van der Waals surface area contributed by atoms with Gasteiger partial charge in [-0.15, -0.1) is 11.3 Å². The number of carbonyl (C=O) groups is 1. The molecule has 28 heavy (non-hydrogen) atoms. The third-order valence-electron chi connectivity index (χ3n) is 4.83. The summed E-state index contributed by atoms with van der Waals surface area (Å²) in [7, 11) is 1.65. The van der Waals surface area contributed by atoms with Crippen LogP contribution in [0.25, 0.3) is 10.6 Å². The molecule has 6 nitrogen and oxygen atoms in total. The average Bonchev–Trinajstić information content (AvgIpc) is 3.23. The van der Waals surface area contributed by atoms with Crippen molar-refractivity contribution in [3.63, 3.8) is 0 Å². The lowest BCUT2D eigenvalue weighted by molar-refractivity contribution is -0.130. The molecule has 7 heteroatoms. The van der Waals surface area contributed by atoms with Crippen LogP contribution in [0.3, 0.4) is 0 Å². The van der Waals surface area contributed by atoms with Gasteiger partial charge in [-0.2, -0.15) is 0 Å². The minimum absolute atomic E-state index is 0.132. The van der Waals surface area contributed by atoms with Gasteiger partial charge in [-0.25, -0.2) is 9.97 Å². The zero-order valence-electron chi connectivity index (χ0n) is 15.7. The molecule has 1 aliphatic heterocycles. The number of nitrogens with zero attached hydrogens (tertiary/aromatic N) is 4. The third kappa shape index (κ3) is 4.14. The zero-order valence-corrected chi connectivity index (χ0v) is 16.6. The first-order valence-electron chi connectivity index (χ1n) is 9.25. The largest absolute Gasteiger partial charge is 0.497 e. The molecule has 0 unspecified atom stereocenters. The number of pyridine rings is 1. The van der Waals surface area contributed by atoms with E-state index < -0.39 is 0 Å². The maximum Gasteiger partial charge on any atom is 0.228 e. The summed E-state index contributed by atoms with van der Waals surface area (Å²) >= 11 is 1.56. The number of hydrogen-bond acceptors (Lipinski definition) is 6. The van der Waals surface area contributed by atoms with Gasteiger partial charge in [-0.3, -0.25) is 4.79 Å². The maximum atomic E-state index is 12.7. The minimum Gasteiger partial charge on any atom is -0.497 e. The molecule has 1 saturated heterocycles. The maximum absolute atomic E-state index is 12.7. The highest BCUT2D eigenvalue weighted by atomic mass is 32.1. The Kier molecular flexibility index (Phi) is 5.53. The number of carbonyl (C=O) groups excluding carboxylic acids is 1. The summed E-state index contributed by atoms with van der Waals surface area (Å²) in [4.78, 5) is 25.9. The van der Waals surface area contributed by atoms with Crippen LogP contribution in [0.4, 0.5) is 5.82 Å². The first-order chi connectivity index (χ1) is 13.7. The Bertz CT molecular complexity index is 919. The fraction of sp³-hybridized carbons (Fsp3) is 0.286. The third-order valence-corrected chi connectivity index (χ3v) is 5.77. The van der Waals surface area contributed by atoms with Gasteiger partial charge in [0.25, 0.3) is 0 Å². The van der Waals surface area contributed by atoms with Crippen LogP contribution in [0.5, 0.6) is 5.75 Å². The molecular weight excluding hydrogens is 372 g/mol. The van der Waals surface area contributed by atoms with Gasteiger partial charge in [0.1, 0.15) is 16.6 Å². The number of amides is 1. The van der Waals surface area contributed by atoms with E-state index in [1.165, 1.54) is 0 Å². The number of anilines is 1. The smallest absolute Gasteiger partial charge is 0.228 e. The first-order valence-corrected chi connectivity index (χ1v) is 10.1. The standard InChI is InChI=1S/C21H22N4O2S/c1-27-18-7-5-16(6-8-18)21-23-17(15-28-21)14-20(26)25-12-10-24(11-13-25)19-4-2-3-9-22-19/h2-9,15H,10-14H2,1H3. The quantitative estimate of drug-likeness (QED) is 0.666. The molecule has 0 bridgehead atoms. The van der Waals surface area contributed by atoms with Crippen molar-refractivity contribution in [3.8, 4) is 16.3 Å². The molecule has 2 aromatic heterocycles. The summed E-state index contributed by atoms with van der Waals surface area (Å²) in [5.74, 6) is 1.92. The number of thiazole rings is 1. The van der Waals surface area contributed by atoms with E-state index in [2.05, 4.69) is 14.9 Å². The van der Waals surface area contributed by atoms with Gasteiger partial charge >= 0.3 is 0 Å². The Labute approximate surface area is 168 Å². The van der Waals surface area contributed by atoms with Crippen LogP contribution in [0, 0.1) is 0 Å². The molecule has 0 aliphatic carbocycles. The molecule has 0 saturated carbocycles. The minimum atomic E-state index is 0.132. The molecule has 0 N–H and O–H groups in total. The lowest BCUT2D eigenvalue weighted by Crippen LogP contribution is -2.49.